The number of halogens is 3. The van der Waals surface area contributed by atoms with E-state index in [1.54, 1.807) is 6.92 Å². The van der Waals surface area contributed by atoms with E-state index in [0.29, 0.717) is 17.7 Å². The topological polar surface area (TPSA) is 12.0 Å². The number of hydrogen-bond acceptors (Lipinski definition) is 1. The molecular weight excluding hydrogens is 215 g/mol. The molecule has 0 aromatic heterocycles. The van der Waals surface area contributed by atoms with Crippen molar-refractivity contribution in [3.05, 3.63) is 35.1 Å². The predicted molar refractivity (Wildman–Crippen MR) is 58.2 cm³/mol. The molecule has 1 atom stereocenters. The van der Waals surface area contributed by atoms with E-state index in [-0.39, 0.29) is 0 Å². The molecule has 0 amide bonds. The van der Waals surface area contributed by atoms with Gasteiger partial charge in [0.25, 0.3) is 6.43 Å². The van der Waals surface area contributed by atoms with Crippen LogP contribution in [-0.4, -0.2) is 13.0 Å². The monoisotopic (exact) mass is 231 g/mol. The number of nitrogens with one attached hydrogen (secondary N) is 1. The van der Waals surface area contributed by atoms with Crippen LogP contribution in [0.25, 0.3) is 0 Å². The van der Waals surface area contributed by atoms with Crippen molar-refractivity contribution in [3.63, 3.8) is 0 Å². The second kappa shape index (κ2) is 5.89. The second-order valence-corrected chi connectivity index (χ2v) is 3.77. The van der Waals surface area contributed by atoms with Crippen LogP contribution in [0.5, 0.6) is 0 Å². The molecule has 0 spiro atoms. The highest BCUT2D eigenvalue weighted by Crippen LogP contribution is 2.24. The van der Waals surface area contributed by atoms with Crippen molar-refractivity contribution in [2.75, 3.05) is 6.54 Å². The van der Waals surface area contributed by atoms with Gasteiger partial charge in [0, 0.05) is 0 Å². The summed E-state index contributed by atoms with van der Waals surface area (Å²) in [6.45, 7) is 4.09. The van der Waals surface area contributed by atoms with Gasteiger partial charge in [-0.2, -0.15) is 0 Å². The Balaban J connectivity index is 2.95. The minimum atomic E-state index is -2.54. The third-order valence-electron chi connectivity index (χ3n) is 2.44. The third-order valence-corrected chi connectivity index (χ3v) is 2.44. The molecule has 0 aliphatic carbocycles. The fraction of sp³-hybridized carbons (Fsp3) is 0.500. The first-order valence-electron chi connectivity index (χ1n) is 5.33. The molecule has 16 heavy (non-hydrogen) atoms. The Bertz CT molecular complexity index is 339. The number of rotatable bonds is 5. The normalized spacial score (nSPS) is 13.1. The summed E-state index contributed by atoms with van der Waals surface area (Å²) < 4.78 is 38.7. The quantitative estimate of drug-likeness (QED) is 0.818. The van der Waals surface area contributed by atoms with Gasteiger partial charge in [-0.15, -0.1) is 0 Å². The van der Waals surface area contributed by atoms with Crippen LogP contribution in [0.15, 0.2) is 18.2 Å². The van der Waals surface area contributed by atoms with Gasteiger partial charge >= 0.3 is 0 Å². The van der Waals surface area contributed by atoms with Crippen LogP contribution in [0.1, 0.15) is 30.5 Å². The highest BCUT2D eigenvalue weighted by molar-refractivity contribution is 5.30. The Morgan fingerprint density at radius 2 is 2.00 bits per heavy atom. The van der Waals surface area contributed by atoms with Crippen LogP contribution in [0, 0.1) is 12.7 Å². The lowest BCUT2D eigenvalue weighted by Crippen LogP contribution is -2.28. The Morgan fingerprint density at radius 3 is 2.56 bits per heavy atom. The molecule has 0 heterocycles. The Kier molecular flexibility index (Phi) is 4.80. The van der Waals surface area contributed by atoms with Gasteiger partial charge in [-0.3, -0.25) is 0 Å². The van der Waals surface area contributed by atoms with Gasteiger partial charge in [0.15, 0.2) is 0 Å². The molecule has 0 aliphatic rings. The average molecular weight is 231 g/mol. The van der Waals surface area contributed by atoms with Crippen molar-refractivity contribution in [3.8, 4) is 0 Å². The van der Waals surface area contributed by atoms with Gasteiger partial charge in [0.2, 0.25) is 0 Å². The molecule has 90 valence electrons. The number of aryl methyl sites for hydroxylation is 1. The molecule has 0 fully saturated rings. The van der Waals surface area contributed by atoms with Gasteiger partial charge in [0.1, 0.15) is 5.82 Å². The molecule has 0 radical (unpaired) electrons. The Labute approximate surface area is 93.7 Å². The molecule has 1 unspecified atom stereocenters. The van der Waals surface area contributed by atoms with Crippen LogP contribution >= 0.6 is 0 Å². The summed E-state index contributed by atoms with van der Waals surface area (Å²) in [5.74, 6) is -0.482. The lowest BCUT2D eigenvalue weighted by molar-refractivity contribution is 0.0981. The van der Waals surface area contributed by atoms with Crippen LogP contribution in [0.4, 0.5) is 13.2 Å². The van der Waals surface area contributed by atoms with Gasteiger partial charge in [0.05, 0.1) is 6.04 Å². The summed E-state index contributed by atoms with van der Waals surface area (Å²) in [6.07, 6.45) is -1.77. The molecule has 1 rings (SSSR count). The molecule has 1 aromatic rings. The minimum absolute atomic E-state index is 0.337. The van der Waals surface area contributed by atoms with Gasteiger partial charge < -0.3 is 5.32 Å². The molecule has 0 saturated carbocycles. The molecule has 4 heteroatoms. The Hall–Kier alpha value is -1.03. The fourth-order valence-electron chi connectivity index (χ4n) is 1.58. The van der Waals surface area contributed by atoms with Gasteiger partial charge in [-0.1, -0.05) is 13.0 Å². The summed E-state index contributed by atoms with van der Waals surface area (Å²) in [4.78, 5) is 0. The van der Waals surface area contributed by atoms with Crippen molar-refractivity contribution < 1.29 is 13.2 Å². The molecule has 0 saturated heterocycles. The third kappa shape index (κ3) is 3.23. The Morgan fingerprint density at radius 1 is 1.31 bits per heavy atom. The number of benzene rings is 1. The maximum atomic E-state index is 13.0. The number of alkyl halides is 2. The molecule has 1 aromatic carbocycles. The molecule has 1 N–H and O–H groups in total. The summed E-state index contributed by atoms with van der Waals surface area (Å²) in [5.41, 5.74) is 1.01. The van der Waals surface area contributed by atoms with E-state index >= 15 is 0 Å². The zero-order valence-corrected chi connectivity index (χ0v) is 9.43. The second-order valence-electron chi connectivity index (χ2n) is 3.77. The summed E-state index contributed by atoms with van der Waals surface area (Å²) in [5, 5.41) is 2.74. The first kappa shape index (κ1) is 13.0. The van der Waals surface area contributed by atoms with E-state index in [1.807, 2.05) is 6.92 Å². The van der Waals surface area contributed by atoms with E-state index in [0.717, 1.165) is 6.42 Å². The minimum Gasteiger partial charge on any atom is -0.305 e. The van der Waals surface area contributed by atoms with Crippen molar-refractivity contribution in [2.45, 2.75) is 32.7 Å². The standard InChI is InChI=1S/C12H16F3N/c1-3-6-16-11(12(14)15)10-7-9(13)5-4-8(10)2/h4-5,7,11-12,16H,3,6H2,1-2H3. The molecule has 1 nitrogen and oxygen atoms in total. The first-order chi connectivity index (χ1) is 7.56. The zero-order chi connectivity index (χ0) is 12.1. The van der Waals surface area contributed by atoms with Crippen molar-refractivity contribution in [2.24, 2.45) is 0 Å². The van der Waals surface area contributed by atoms with Crippen LogP contribution in [0.3, 0.4) is 0 Å². The van der Waals surface area contributed by atoms with E-state index in [4.69, 9.17) is 0 Å². The van der Waals surface area contributed by atoms with Crippen LogP contribution < -0.4 is 5.32 Å². The van der Waals surface area contributed by atoms with Crippen molar-refractivity contribution in [1.29, 1.82) is 0 Å². The predicted octanol–water partition coefficient (Wildman–Crippen LogP) is 3.44. The summed E-state index contributed by atoms with van der Waals surface area (Å²) in [6, 6.07) is 2.89. The zero-order valence-electron chi connectivity index (χ0n) is 9.43. The average Bonchev–Trinajstić information content (AvgIpc) is 2.23. The van der Waals surface area contributed by atoms with E-state index in [1.165, 1.54) is 18.2 Å². The highest BCUT2D eigenvalue weighted by atomic mass is 19.3. The fourth-order valence-corrected chi connectivity index (χ4v) is 1.58. The van der Waals surface area contributed by atoms with Gasteiger partial charge in [-0.05, 0) is 43.1 Å². The summed E-state index contributed by atoms with van der Waals surface area (Å²) in [7, 11) is 0. The van der Waals surface area contributed by atoms with Crippen LogP contribution in [-0.2, 0) is 0 Å². The maximum Gasteiger partial charge on any atom is 0.257 e. The lowest BCUT2D eigenvalue weighted by Gasteiger charge is -2.20. The van der Waals surface area contributed by atoms with Crippen molar-refractivity contribution >= 4 is 0 Å². The van der Waals surface area contributed by atoms with Crippen LogP contribution in [0.2, 0.25) is 0 Å². The molecular formula is C12H16F3N. The highest BCUT2D eigenvalue weighted by Gasteiger charge is 2.23. The summed E-state index contributed by atoms with van der Waals surface area (Å²) >= 11 is 0. The van der Waals surface area contributed by atoms with Gasteiger partial charge in [-0.25, -0.2) is 13.2 Å². The molecule has 0 bridgehead atoms. The molecule has 0 aliphatic heterocycles. The van der Waals surface area contributed by atoms with E-state index in [9.17, 15) is 13.2 Å². The number of hydrogen-bond donors (Lipinski definition) is 1. The first-order valence-corrected chi connectivity index (χ1v) is 5.33. The SMILES string of the molecule is CCCNC(c1cc(F)ccc1C)C(F)F. The van der Waals surface area contributed by atoms with Crippen molar-refractivity contribution in [1.82, 2.24) is 5.32 Å². The maximum absolute atomic E-state index is 13.0. The van der Waals surface area contributed by atoms with E-state index < -0.39 is 18.3 Å². The van der Waals surface area contributed by atoms with E-state index in [2.05, 4.69) is 5.32 Å². The smallest absolute Gasteiger partial charge is 0.257 e. The lowest BCUT2D eigenvalue weighted by atomic mass is 10.0. The largest absolute Gasteiger partial charge is 0.305 e.